The molecule has 26 heavy (non-hydrogen) atoms. The second-order valence-corrected chi connectivity index (χ2v) is 6.08. The van der Waals surface area contributed by atoms with Crippen molar-refractivity contribution in [2.75, 3.05) is 20.8 Å². The molecule has 0 heterocycles. The number of amides is 1. The van der Waals surface area contributed by atoms with Gasteiger partial charge in [-0.25, -0.2) is 9.18 Å². The van der Waals surface area contributed by atoms with Crippen molar-refractivity contribution in [1.82, 2.24) is 5.32 Å². The van der Waals surface area contributed by atoms with Crippen molar-refractivity contribution in [3.63, 3.8) is 0 Å². The third kappa shape index (κ3) is 7.08. The lowest BCUT2D eigenvalue weighted by molar-refractivity contribution is -0.150. The Hall–Kier alpha value is -2.64. The number of benzene rings is 1. The quantitative estimate of drug-likeness (QED) is 0.665. The highest BCUT2D eigenvalue weighted by Gasteiger charge is 2.23. The van der Waals surface area contributed by atoms with Crippen LogP contribution in [0.4, 0.5) is 4.39 Å². The van der Waals surface area contributed by atoms with E-state index in [1.807, 2.05) is 13.8 Å². The Kier molecular flexibility index (Phi) is 8.54. The number of nitrogens with one attached hydrogen (secondary N) is 1. The van der Waals surface area contributed by atoms with Crippen LogP contribution in [0.15, 0.2) is 18.2 Å². The van der Waals surface area contributed by atoms with Crippen LogP contribution >= 0.6 is 0 Å². The van der Waals surface area contributed by atoms with E-state index in [-0.39, 0.29) is 18.1 Å². The monoisotopic (exact) mass is 369 g/mol. The molecule has 0 fully saturated rings. The zero-order chi connectivity index (χ0) is 19.7. The highest BCUT2D eigenvalue weighted by Crippen LogP contribution is 2.18. The molecule has 144 valence electrons. The summed E-state index contributed by atoms with van der Waals surface area (Å²) in [5.41, 5.74) is 0.390. The Balaban J connectivity index is 2.51. The zero-order valence-electron chi connectivity index (χ0n) is 15.3. The molecule has 0 aliphatic rings. The molecule has 0 spiro atoms. The van der Waals surface area contributed by atoms with Gasteiger partial charge in [-0.3, -0.25) is 9.59 Å². The van der Waals surface area contributed by atoms with Gasteiger partial charge in [0, 0.05) is 0 Å². The minimum atomic E-state index is -0.804. The average molecular weight is 369 g/mol. The Bertz CT molecular complexity index is 647. The van der Waals surface area contributed by atoms with E-state index in [9.17, 15) is 18.8 Å². The molecule has 0 aliphatic carbocycles. The van der Waals surface area contributed by atoms with Gasteiger partial charge in [0.05, 0.1) is 20.6 Å². The summed E-state index contributed by atoms with van der Waals surface area (Å²) >= 11 is 0. The lowest BCUT2D eigenvalue weighted by Gasteiger charge is -2.18. The minimum Gasteiger partial charge on any atom is -0.494 e. The third-order valence-corrected chi connectivity index (χ3v) is 3.46. The first-order chi connectivity index (χ1) is 12.3. The van der Waals surface area contributed by atoms with Gasteiger partial charge in [-0.2, -0.15) is 0 Å². The van der Waals surface area contributed by atoms with Gasteiger partial charge in [0.15, 0.2) is 18.2 Å². The molecule has 0 radical (unpaired) electrons. The molecule has 1 aromatic rings. The van der Waals surface area contributed by atoms with Crippen LogP contribution in [0.3, 0.4) is 0 Å². The van der Waals surface area contributed by atoms with Gasteiger partial charge in [0.1, 0.15) is 6.04 Å². The van der Waals surface area contributed by atoms with E-state index < -0.39 is 36.3 Å². The van der Waals surface area contributed by atoms with E-state index in [0.717, 1.165) is 6.07 Å². The Morgan fingerprint density at radius 2 is 1.88 bits per heavy atom. The van der Waals surface area contributed by atoms with Crippen LogP contribution in [0.25, 0.3) is 0 Å². The molecule has 0 aliphatic heterocycles. The van der Waals surface area contributed by atoms with Gasteiger partial charge in [-0.05, 0) is 30.0 Å². The van der Waals surface area contributed by atoms with Crippen molar-refractivity contribution in [1.29, 1.82) is 0 Å². The standard InChI is InChI=1S/C18H24FNO6/c1-11(2)7-14(18(23)25-4)20-16(21)10-26-17(22)9-12-5-6-15(24-3)13(19)8-12/h5-6,8,11,14H,7,9-10H2,1-4H3,(H,20,21)/t14-/m0/s1. The maximum atomic E-state index is 13.6. The molecule has 1 atom stereocenters. The van der Waals surface area contributed by atoms with Crippen molar-refractivity contribution >= 4 is 17.8 Å². The molecule has 1 aromatic carbocycles. The molecule has 1 amide bonds. The second-order valence-electron chi connectivity index (χ2n) is 6.08. The molecule has 1 N–H and O–H groups in total. The van der Waals surface area contributed by atoms with Crippen molar-refractivity contribution in [3.8, 4) is 5.75 Å². The van der Waals surface area contributed by atoms with Gasteiger partial charge >= 0.3 is 11.9 Å². The molecular weight excluding hydrogens is 345 g/mol. The lowest BCUT2D eigenvalue weighted by atomic mass is 10.0. The number of hydrogen-bond donors (Lipinski definition) is 1. The Morgan fingerprint density at radius 1 is 1.19 bits per heavy atom. The van der Waals surface area contributed by atoms with Crippen LogP contribution < -0.4 is 10.1 Å². The topological polar surface area (TPSA) is 90.9 Å². The van der Waals surface area contributed by atoms with Crippen LogP contribution in [0.5, 0.6) is 5.75 Å². The van der Waals surface area contributed by atoms with E-state index in [2.05, 4.69) is 10.1 Å². The van der Waals surface area contributed by atoms with Crippen molar-refractivity contribution in [3.05, 3.63) is 29.6 Å². The van der Waals surface area contributed by atoms with Gasteiger partial charge in [-0.1, -0.05) is 19.9 Å². The van der Waals surface area contributed by atoms with Crippen molar-refractivity contribution in [2.45, 2.75) is 32.7 Å². The number of rotatable bonds is 9. The Labute approximate surface area is 151 Å². The second kappa shape index (κ2) is 10.4. The Morgan fingerprint density at radius 3 is 2.42 bits per heavy atom. The first-order valence-corrected chi connectivity index (χ1v) is 8.12. The summed E-state index contributed by atoms with van der Waals surface area (Å²) in [5, 5.41) is 2.48. The molecule has 0 saturated heterocycles. The van der Waals surface area contributed by atoms with E-state index in [4.69, 9.17) is 9.47 Å². The molecule has 0 aromatic heterocycles. The number of esters is 2. The third-order valence-electron chi connectivity index (χ3n) is 3.46. The van der Waals surface area contributed by atoms with Gasteiger partial charge in [0.2, 0.25) is 0 Å². The van der Waals surface area contributed by atoms with Crippen molar-refractivity contribution in [2.24, 2.45) is 5.92 Å². The molecule has 1 rings (SSSR count). The summed E-state index contributed by atoms with van der Waals surface area (Å²) in [5.74, 6) is -2.23. The van der Waals surface area contributed by atoms with Crippen molar-refractivity contribution < 1.29 is 33.0 Å². The number of ether oxygens (including phenoxy) is 3. The van der Waals surface area contributed by atoms with E-state index in [0.29, 0.717) is 12.0 Å². The minimum absolute atomic E-state index is 0.0699. The fraction of sp³-hybridized carbons (Fsp3) is 0.500. The fourth-order valence-corrected chi connectivity index (χ4v) is 2.25. The predicted octanol–water partition coefficient (Wildman–Crippen LogP) is 1.62. The highest BCUT2D eigenvalue weighted by molar-refractivity contribution is 5.86. The van der Waals surface area contributed by atoms with Crippen LogP contribution in [0.1, 0.15) is 25.8 Å². The maximum absolute atomic E-state index is 13.6. The normalized spacial score (nSPS) is 11.6. The number of halogens is 1. The van der Waals surface area contributed by atoms with Crippen LogP contribution in [0.2, 0.25) is 0 Å². The average Bonchev–Trinajstić information content (AvgIpc) is 2.58. The van der Waals surface area contributed by atoms with E-state index >= 15 is 0 Å². The fourth-order valence-electron chi connectivity index (χ4n) is 2.25. The first kappa shape index (κ1) is 21.4. The summed E-state index contributed by atoms with van der Waals surface area (Å²) in [4.78, 5) is 35.3. The summed E-state index contributed by atoms with van der Waals surface area (Å²) in [6.07, 6.45) is 0.206. The van der Waals surface area contributed by atoms with E-state index in [1.54, 1.807) is 0 Å². The first-order valence-electron chi connectivity index (χ1n) is 8.12. The lowest BCUT2D eigenvalue weighted by Crippen LogP contribution is -2.44. The predicted molar refractivity (Wildman–Crippen MR) is 91.0 cm³/mol. The van der Waals surface area contributed by atoms with Crippen LogP contribution in [-0.4, -0.2) is 44.7 Å². The molecule has 0 saturated carbocycles. The SMILES string of the molecule is COC(=O)[C@H](CC(C)C)NC(=O)COC(=O)Cc1ccc(OC)c(F)c1. The maximum Gasteiger partial charge on any atom is 0.328 e. The molecule has 0 unspecified atom stereocenters. The van der Waals surface area contributed by atoms with Gasteiger partial charge in [0.25, 0.3) is 5.91 Å². The van der Waals surface area contributed by atoms with Gasteiger partial charge < -0.3 is 19.5 Å². The molecule has 7 nitrogen and oxygen atoms in total. The number of hydrogen-bond acceptors (Lipinski definition) is 6. The molecule has 0 bridgehead atoms. The summed E-state index contributed by atoms with van der Waals surface area (Å²) < 4.78 is 27.9. The highest BCUT2D eigenvalue weighted by atomic mass is 19.1. The largest absolute Gasteiger partial charge is 0.494 e. The smallest absolute Gasteiger partial charge is 0.328 e. The zero-order valence-corrected chi connectivity index (χ0v) is 15.3. The van der Waals surface area contributed by atoms with Crippen LogP contribution in [0, 0.1) is 11.7 Å². The summed E-state index contributed by atoms with van der Waals surface area (Å²) in [6.45, 7) is 3.26. The van der Waals surface area contributed by atoms with Gasteiger partial charge in [-0.15, -0.1) is 0 Å². The summed E-state index contributed by atoms with van der Waals surface area (Å²) in [6, 6.07) is 3.29. The molecule has 8 heteroatoms. The molecular formula is C18H24FNO6. The van der Waals surface area contributed by atoms with E-state index in [1.165, 1.54) is 26.4 Å². The number of carbonyl (C=O) groups is 3. The number of carbonyl (C=O) groups excluding carboxylic acids is 3. The van der Waals surface area contributed by atoms with Crippen LogP contribution in [-0.2, 0) is 30.3 Å². The summed E-state index contributed by atoms with van der Waals surface area (Å²) in [7, 11) is 2.57. The number of methoxy groups -OCH3 is 2.